The first kappa shape index (κ1) is 24.7. The van der Waals surface area contributed by atoms with E-state index in [1.54, 1.807) is 20.8 Å². The van der Waals surface area contributed by atoms with E-state index in [0.29, 0.717) is 11.5 Å². The number of carbonyl (C=O) groups excluding carboxylic acids is 3. The van der Waals surface area contributed by atoms with Crippen LogP contribution in [0, 0.1) is 11.8 Å². The van der Waals surface area contributed by atoms with E-state index in [2.05, 4.69) is 17.2 Å². The van der Waals surface area contributed by atoms with Gasteiger partial charge in [0.15, 0.2) is 0 Å². The number of hydrogen-bond donors (Lipinski definition) is 1. The average molecular weight is 563 g/mol. The Morgan fingerprint density at radius 3 is 2.33 bits per heavy atom. The molecule has 1 unspecified atom stereocenters. The molecule has 174 valence electrons. The second-order valence-electron chi connectivity index (χ2n) is 7.78. The molecule has 3 rings (SSSR count). The predicted octanol–water partition coefficient (Wildman–Crippen LogP) is 4.02. The number of methoxy groups -OCH3 is 2. The fourth-order valence-corrected chi connectivity index (χ4v) is 7.39. The number of carbonyl (C=O) groups is 3. The zero-order chi connectivity index (χ0) is 24.2. The van der Waals surface area contributed by atoms with Crippen molar-refractivity contribution in [3.63, 3.8) is 0 Å². The number of benzene rings is 2. The van der Waals surface area contributed by atoms with Crippen molar-refractivity contribution in [1.82, 2.24) is 5.32 Å². The number of amides is 1. The Bertz CT molecular complexity index is 1130. The molecule has 1 N–H and O–H groups in total. The molecule has 8 heteroatoms. The third kappa shape index (κ3) is 5.37. The summed E-state index contributed by atoms with van der Waals surface area (Å²) in [5.74, 6) is 4.64. The van der Waals surface area contributed by atoms with Crippen LogP contribution in [-0.2, 0) is 19.3 Å². The number of ether oxygens (including phenoxy) is 2. The quantitative estimate of drug-likeness (QED) is 0.237. The van der Waals surface area contributed by atoms with Gasteiger partial charge < -0.3 is 0 Å². The molecule has 0 saturated heterocycles. The van der Waals surface area contributed by atoms with Gasteiger partial charge in [0.2, 0.25) is 0 Å². The topological polar surface area (TPSA) is 90.9 Å². The summed E-state index contributed by atoms with van der Waals surface area (Å²) < 4.78 is 15.8. The Morgan fingerprint density at radius 2 is 1.73 bits per heavy atom. The molecule has 0 aliphatic carbocycles. The van der Waals surface area contributed by atoms with Gasteiger partial charge in [-0.15, -0.1) is 0 Å². The van der Waals surface area contributed by atoms with Crippen molar-refractivity contribution in [2.45, 2.75) is 38.8 Å². The number of hydrogen-bond acceptors (Lipinski definition) is 6. The fraction of sp³-hybridized carbons (Fsp3) is 0.320. The van der Waals surface area contributed by atoms with Crippen molar-refractivity contribution < 1.29 is 26.9 Å². The Balaban J connectivity index is 2.05. The second kappa shape index (κ2) is 10.4. The van der Waals surface area contributed by atoms with Gasteiger partial charge in [-0.3, -0.25) is 0 Å². The van der Waals surface area contributed by atoms with Crippen LogP contribution >= 0.6 is 20.2 Å². The fourth-order valence-electron chi connectivity index (χ4n) is 3.47. The molecule has 7 nitrogen and oxygen atoms in total. The Labute approximate surface area is 201 Å². The van der Waals surface area contributed by atoms with Crippen molar-refractivity contribution in [3.8, 4) is 23.3 Å². The summed E-state index contributed by atoms with van der Waals surface area (Å²) in [6.07, 6.45) is 0. The maximum absolute atomic E-state index is 13.5. The molecule has 0 aromatic heterocycles. The van der Waals surface area contributed by atoms with Gasteiger partial charge in [-0.05, 0) is 0 Å². The van der Waals surface area contributed by atoms with Gasteiger partial charge in [0.1, 0.15) is 0 Å². The maximum atomic E-state index is 13.5. The first-order valence-corrected chi connectivity index (χ1v) is 13.2. The minimum atomic E-state index is -3.37. The summed E-state index contributed by atoms with van der Waals surface area (Å²) in [5, 5.41) is 2.83. The first-order valence-electron chi connectivity index (χ1n) is 10.2. The molecule has 0 bridgehead atoms. The second-order valence-corrected chi connectivity index (χ2v) is 11.9. The molecule has 1 heterocycles. The van der Waals surface area contributed by atoms with Crippen LogP contribution in [0.3, 0.4) is 0 Å². The molecule has 2 aromatic rings. The number of nitrogens with one attached hydrogen (secondary N) is 1. The van der Waals surface area contributed by atoms with Crippen molar-refractivity contribution in [3.05, 3.63) is 59.2 Å². The molecular formula is C25H26INO6. The third-order valence-corrected chi connectivity index (χ3v) is 8.93. The standard InChI is InChI=1S/C25H26INO6/c1-6-12-25(2,3)27-24(30)21-17-13-19(31-4)20(32-5)14-18(17)22(28)26(23(21)29)33-15-16-10-8-7-9-11-16/h7-11,13-14,21H,15H2,1-5H3,(H,27,30). The summed E-state index contributed by atoms with van der Waals surface area (Å²) in [5.41, 5.74) is 0.532. The Morgan fingerprint density at radius 1 is 1.09 bits per heavy atom. The Kier molecular flexibility index (Phi) is 7.76. The van der Waals surface area contributed by atoms with Gasteiger partial charge >= 0.3 is 202 Å². The minimum absolute atomic E-state index is 0.118. The van der Waals surface area contributed by atoms with Gasteiger partial charge in [-0.1, -0.05) is 0 Å². The molecule has 1 amide bonds. The molecule has 0 spiro atoms. The monoisotopic (exact) mass is 563 g/mol. The molecule has 2 aromatic carbocycles. The molecule has 1 aliphatic rings. The SMILES string of the molecule is CC#CC(C)(C)NC(=O)C1C(=O)I(OCc2ccccc2)C(=O)c2cc(OC)c(OC)cc21. The summed E-state index contributed by atoms with van der Waals surface area (Å²) >= 11 is -3.37. The Hall–Kier alpha value is -2.90. The van der Waals surface area contributed by atoms with Crippen LogP contribution in [-0.4, -0.2) is 33.2 Å². The average Bonchev–Trinajstić information content (AvgIpc) is 2.78. The van der Waals surface area contributed by atoms with Crippen LogP contribution in [0.1, 0.15) is 48.2 Å². The van der Waals surface area contributed by atoms with Crippen molar-refractivity contribution in [1.29, 1.82) is 0 Å². The van der Waals surface area contributed by atoms with Gasteiger partial charge in [0, 0.05) is 0 Å². The summed E-state index contributed by atoms with van der Waals surface area (Å²) in [6.45, 7) is 5.29. The molecule has 33 heavy (non-hydrogen) atoms. The van der Waals surface area contributed by atoms with E-state index >= 15 is 0 Å². The number of halogens is 1. The van der Waals surface area contributed by atoms with E-state index in [1.165, 1.54) is 26.4 Å². The van der Waals surface area contributed by atoms with Crippen LogP contribution < -0.4 is 14.8 Å². The van der Waals surface area contributed by atoms with Crippen molar-refractivity contribution >= 4 is 33.7 Å². The van der Waals surface area contributed by atoms with Gasteiger partial charge in [-0.25, -0.2) is 0 Å². The van der Waals surface area contributed by atoms with Crippen molar-refractivity contribution in [2.24, 2.45) is 0 Å². The van der Waals surface area contributed by atoms with E-state index in [0.717, 1.165) is 5.56 Å². The molecule has 1 atom stereocenters. The van der Waals surface area contributed by atoms with Crippen LogP contribution in [0.5, 0.6) is 11.5 Å². The van der Waals surface area contributed by atoms with Crippen LogP contribution in [0.4, 0.5) is 0 Å². The predicted molar refractivity (Wildman–Crippen MR) is 133 cm³/mol. The summed E-state index contributed by atoms with van der Waals surface area (Å²) in [4.78, 5) is 40.2. The molecule has 0 radical (unpaired) electrons. The van der Waals surface area contributed by atoms with E-state index in [9.17, 15) is 14.4 Å². The molecule has 0 fully saturated rings. The molecule has 1 aliphatic heterocycles. The van der Waals surface area contributed by atoms with E-state index in [4.69, 9.17) is 12.5 Å². The number of rotatable bonds is 7. The summed E-state index contributed by atoms with van der Waals surface area (Å²) in [7, 11) is 2.91. The van der Waals surface area contributed by atoms with E-state index in [1.807, 2.05) is 30.3 Å². The van der Waals surface area contributed by atoms with E-state index < -0.39 is 41.4 Å². The van der Waals surface area contributed by atoms with Gasteiger partial charge in [0.25, 0.3) is 0 Å². The van der Waals surface area contributed by atoms with Crippen LogP contribution in [0.15, 0.2) is 42.5 Å². The summed E-state index contributed by atoms with van der Waals surface area (Å²) in [6, 6.07) is 12.3. The molecular weight excluding hydrogens is 537 g/mol. The van der Waals surface area contributed by atoms with Gasteiger partial charge in [-0.2, -0.15) is 0 Å². The van der Waals surface area contributed by atoms with Gasteiger partial charge in [0.05, 0.1) is 0 Å². The third-order valence-electron chi connectivity index (χ3n) is 4.94. The zero-order valence-electron chi connectivity index (χ0n) is 19.2. The van der Waals surface area contributed by atoms with Crippen molar-refractivity contribution in [2.75, 3.05) is 14.2 Å². The van der Waals surface area contributed by atoms with E-state index in [-0.39, 0.29) is 21.5 Å². The molecule has 0 saturated carbocycles. The normalized spacial score (nSPS) is 16.4. The first-order chi connectivity index (χ1) is 15.7. The van der Waals surface area contributed by atoms with Crippen LogP contribution in [0.25, 0.3) is 0 Å². The number of fused-ring (bicyclic) bond motifs is 1. The van der Waals surface area contributed by atoms with Crippen LogP contribution in [0.2, 0.25) is 0 Å². The zero-order valence-corrected chi connectivity index (χ0v) is 21.3.